The predicted octanol–water partition coefficient (Wildman–Crippen LogP) is 2.99. The molecule has 5 rings (SSSR count). The molecular weight excluding hydrogens is 397 g/mol. The number of nitrogens with two attached hydrogens (primary N) is 1. The Labute approximate surface area is 179 Å². The van der Waals surface area contributed by atoms with Gasteiger partial charge in [0, 0.05) is 36.5 Å². The van der Waals surface area contributed by atoms with Crippen molar-refractivity contribution < 1.29 is 13.9 Å². The molecule has 0 radical (unpaired) electrons. The van der Waals surface area contributed by atoms with E-state index in [9.17, 15) is 9.18 Å². The van der Waals surface area contributed by atoms with Gasteiger partial charge in [-0.25, -0.2) is 9.37 Å². The molecule has 2 N–H and O–H groups in total. The van der Waals surface area contributed by atoms with Crippen LogP contribution in [-0.2, 0) is 6.54 Å². The number of fused-ring (bicyclic) bond motifs is 1. The fourth-order valence-corrected chi connectivity index (χ4v) is 4.27. The topological polar surface area (TPSA) is 84.6 Å². The molecule has 0 aliphatic carbocycles. The summed E-state index contributed by atoms with van der Waals surface area (Å²) in [4.78, 5) is 26.0. The van der Waals surface area contributed by atoms with Crippen LogP contribution < -0.4 is 20.3 Å². The van der Waals surface area contributed by atoms with Crippen LogP contribution in [0.4, 0.5) is 16.0 Å². The molecule has 8 heteroatoms. The number of nitrogens with zero attached hydrogens (tertiary/aromatic N) is 4. The van der Waals surface area contributed by atoms with Gasteiger partial charge in [-0.1, -0.05) is 12.1 Å². The van der Waals surface area contributed by atoms with Crippen molar-refractivity contribution in [2.24, 2.45) is 5.73 Å². The third-order valence-electron chi connectivity index (χ3n) is 5.82. The number of benzene rings is 1. The molecule has 3 aromatic rings. The Bertz CT molecular complexity index is 1170. The number of hydrogen-bond donors (Lipinski definition) is 1. The molecule has 158 valence electrons. The minimum absolute atomic E-state index is 0.132. The predicted molar refractivity (Wildman–Crippen MR) is 116 cm³/mol. The van der Waals surface area contributed by atoms with E-state index in [4.69, 9.17) is 15.5 Å². The number of pyridine rings is 2. The number of halogens is 1. The van der Waals surface area contributed by atoms with Gasteiger partial charge in [-0.15, -0.1) is 0 Å². The van der Waals surface area contributed by atoms with E-state index in [1.54, 1.807) is 29.2 Å². The molecule has 2 aliphatic heterocycles. The van der Waals surface area contributed by atoms with Gasteiger partial charge < -0.3 is 15.4 Å². The first-order valence-electron chi connectivity index (χ1n) is 10.2. The number of ether oxygens (including phenoxy) is 1. The van der Waals surface area contributed by atoms with Gasteiger partial charge in [0.2, 0.25) is 0 Å². The van der Waals surface area contributed by atoms with Crippen molar-refractivity contribution >= 4 is 17.5 Å². The molecule has 1 amide bonds. The first-order valence-corrected chi connectivity index (χ1v) is 10.2. The highest BCUT2D eigenvalue weighted by atomic mass is 19.1. The summed E-state index contributed by atoms with van der Waals surface area (Å²) in [5.74, 6) is 1.08. The molecule has 2 aromatic heterocycles. The molecule has 0 saturated carbocycles. The SMILES string of the molecule is COc1cccc(F)c1-c1nccc2c1CN(c1cccc(N3CC[C@@H](N)C3)n1)C2=O. The molecule has 0 unspecified atom stereocenters. The summed E-state index contributed by atoms with van der Waals surface area (Å²) >= 11 is 0. The first-order chi connectivity index (χ1) is 15.1. The lowest BCUT2D eigenvalue weighted by Crippen LogP contribution is -2.28. The van der Waals surface area contributed by atoms with Gasteiger partial charge in [0.05, 0.1) is 24.9 Å². The van der Waals surface area contributed by atoms with Crippen LogP contribution in [0.1, 0.15) is 22.3 Å². The maximum absolute atomic E-state index is 14.7. The van der Waals surface area contributed by atoms with Crippen molar-refractivity contribution in [2.75, 3.05) is 30.0 Å². The number of amides is 1. The lowest BCUT2D eigenvalue weighted by Gasteiger charge is -2.20. The van der Waals surface area contributed by atoms with Gasteiger partial charge in [0.1, 0.15) is 23.2 Å². The Balaban J connectivity index is 1.53. The summed E-state index contributed by atoms with van der Waals surface area (Å²) in [5.41, 5.74) is 7.84. The molecule has 4 heterocycles. The standard InChI is InChI=1S/C23H22FN5O2/c1-31-18-5-2-4-17(24)21(18)22-16-13-29(23(30)15(16)8-10-26-22)20-7-3-6-19(27-20)28-11-9-14(25)12-28/h2-8,10,14H,9,11-13,25H2,1H3/t14-/m1/s1. The van der Waals surface area contributed by atoms with Gasteiger partial charge in [-0.3, -0.25) is 14.7 Å². The molecule has 2 aliphatic rings. The largest absolute Gasteiger partial charge is 0.496 e. The van der Waals surface area contributed by atoms with Crippen molar-refractivity contribution in [3.63, 3.8) is 0 Å². The van der Waals surface area contributed by atoms with Crippen molar-refractivity contribution in [1.29, 1.82) is 0 Å². The second-order valence-corrected chi connectivity index (χ2v) is 7.74. The first kappa shape index (κ1) is 19.4. The zero-order chi connectivity index (χ0) is 21.5. The molecule has 7 nitrogen and oxygen atoms in total. The van der Waals surface area contributed by atoms with E-state index >= 15 is 0 Å². The summed E-state index contributed by atoms with van der Waals surface area (Å²) < 4.78 is 20.1. The van der Waals surface area contributed by atoms with E-state index in [1.807, 2.05) is 12.1 Å². The maximum atomic E-state index is 14.7. The average Bonchev–Trinajstić information content (AvgIpc) is 3.37. The van der Waals surface area contributed by atoms with Gasteiger partial charge in [0.15, 0.2) is 0 Å². The zero-order valence-corrected chi connectivity index (χ0v) is 17.1. The highest BCUT2D eigenvalue weighted by molar-refractivity contribution is 6.10. The molecular formula is C23H22FN5O2. The maximum Gasteiger partial charge on any atom is 0.260 e. The Hall–Kier alpha value is -3.52. The Morgan fingerprint density at radius 3 is 2.74 bits per heavy atom. The van der Waals surface area contributed by atoms with Crippen LogP contribution in [0, 0.1) is 5.82 Å². The Kier molecular flexibility index (Phi) is 4.78. The normalized spacial score (nSPS) is 17.9. The summed E-state index contributed by atoms with van der Waals surface area (Å²) in [6.45, 7) is 1.84. The quantitative estimate of drug-likeness (QED) is 0.700. The summed E-state index contributed by atoms with van der Waals surface area (Å²) in [7, 11) is 1.48. The van der Waals surface area contributed by atoms with Crippen molar-refractivity contribution in [3.05, 3.63) is 65.6 Å². The molecule has 1 saturated heterocycles. The lowest BCUT2D eigenvalue weighted by molar-refractivity contribution is 0.0996. The summed E-state index contributed by atoms with van der Waals surface area (Å²) in [6, 6.07) is 12.0. The number of carbonyl (C=O) groups excluding carboxylic acids is 1. The summed E-state index contributed by atoms with van der Waals surface area (Å²) in [6.07, 6.45) is 2.44. The Morgan fingerprint density at radius 2 is 1.97 bits per heavy atom. The van der Waals surface area contributed by atoms with E-state index in [1.165, 1.54) is 19.4 Å². The zero-order valence-electron chi connectivity index (χ0n) is 17.1. The van der Waals surface area contributed by atoms with Gasteiger partial charge >= 0.3 is 0 Å². The van der Waals surface area contributed by atoms with E-state index in [-0.39, 0.29) is 24.1 Å². The molecule has 1 atom stereocenters. The van der Waals surface area contributed by atoms with Crippen LogP contribution in [0.2, 0.25) is 0 Å². The minimum atomic E-state index is -0.448. The van der Waals surface area contributed by atoms with E-state index in [0.29, 0.717) is 28.4 Å². The Morgan fingerprint density at radius 1 is 1.16 bits per heavy atom. The van der Waals surface area contributed by atoms with Crippen LogP contribution in [0.5, 0.6) is 5.75 Å². The highest BCUT2D eigenvalue weighted by Crippen LogP contribution is 2.38. The lowest BCUT2D eigenvalue weighted by atomic mass is 10.0. The van der Waals surface area contributed by atoms with Crippen LogP contribution in [0.25, 0.3) is 11.3 Å². The number of hydrogen-bond acceptors (Lipinski definition) is 6. The number of methoxy groups -OCH3 is 1. The van der Waals surface area contributed by atoms with Crippen LogP contribution in [-0.4, -0.2) is 42.1 Å². The van der Waals surface area contributed by atoms with Crippen molar-refractivity contribution in [2.45, 2.75) is 19.0 Å². The third kappa shape index (κ3) is 3.29. The van der Waals surface area contributed by atoms with Crippen molar-refractivity contribution in [3.8, 4) is 17.0 Å². The molecule has 1 aromatic carbocycles. The fraction of sp³-hybridized carbons (Fsp3) is 0.261. The van der Waals surface area contributed by atoms with E-state index < -0.39 is 5.82 Å². The van der Waals surface area contributed by atoms with Crippen LogP contribution in [0.3, 0.4) is 0 Å². The second-order valence-electron chi connectivity index (χ2n) is 7.74. The summed E-state index contributed by atoms with van der Waals surface area (Å²) in [5, 5.41) is 0. The molecule has 1 fully saturated rings. The molecule has 0 spiro atoms. The van der Waals surface area contributed by atoms with Crippen LogP contribution in [0.15, 0.2) is 48.7 Å². The highest BCUT2D eigenvalue weighted by Gasteiger charge is 2.34. The van der Waals surface area contributed by atoms with Crippen LogP contribution >= 0.6 is 0 Å². The molecule has 31 heavy (non-hydrogen) atoms. The van der Waals surface area contributed by atoms with Gasteiger partial charge in [-0.2, -0.15) is 0 Å². The third-order valence-corrected chi connectivity index (χ3v) is 5.82. The number of rotatable bonds is 4. The number of aromatic nitrogens is 2. The number of carbonyl (C=O) groups is 1. The van der Waals surface area contributed by atoms with Crippen molar-refractivity contribution in [1.82, 2.24) is 9.97 Å². The second kappa shape index (κ2) is 7.63. The smallest absolute Gasteiger partial charge is 0.260 e. The monoisotopic (exact) mass is 419 g/mol. The minimum Gasteiger partial charge on any atom is -0.496 e. The fourth-order valence-electron chi connectivity index (χ4n) is 4.27. The van der Waals surface area contributed by atoms with Gasteiger partial charge in [-0.05, 0) is 36.8 Å². The number of anilines is 2. The molecule has 0 bridgehead atoms. The average molecular weight is 419 g/mol. The van der Waals surface area contributed by atoms with E-state index in [0.717, 1.165) is 25.3 Å². The van der Waals surface area contributed by atoms with Gasteiger partial charge in [0.25, 0.3) is 5.91 Å². The van der Waals surface area contributed by atoms with E-state index in [2.05, 4.69) is 9.88 Å².